The summed E-state index contributed by atoms with van der Waals surface area (Å²) in [5.74, 6) is 1.97. The molecule has 2 heterocycles. The topological polar surface area (TPSA) is 24.9 Å². The van der Waals surface area contributed by atoms with Gasteiger partial charge in [-0.1, -0.05) is 12.1 Å². The van der Waals surface area contributed by atoms with Crippen LogP contribution in [0.5, 0.6) is 11.5 Å². The van der Waals surface area contributed by atoms with Crippen LogP contribution >= 0.6 is 0 Å². The number of anilines is 2. The summed E-state index contributed by atoms with van der Waals surface area (Å²) in [5.41, 5.74) is 7.09. The van der Waals surface area contributed by atoms with Crippen LogP contribution in [-0.2, 0) is 0 Å². The van der Waals surface area contributed by atoms with E-state index in [1.807, 2.05) is 0 Å². The predicted octanol–water partition coefficient (Wildman–Crippen LogP) is 3.63. The Kier molecular flexibility index (Phi) is 3.56. The molecule has 0 spiro atoms. The molecule has 2 aliphatic heterocycles. The highest BCUT2D eigenvalue weighted by atomic mass is 16.5. The van der Waals surface area contributed by atoms with Gasteiger partial charge in [0, 0.05) is 25.2 Å². The molecule has 4 heteroatoms. The van der Waals surface area contributed by atoms with E-state index < -0.39 is 0 Å². The van der Waals surface area contributed by atoms with Gasteiger partial charge in [0.15, 0.2) is 11.5 Å². The lowest BCUT2D eigenvalue weighted by Crippen LogP contribution is -2.30. The maximum absolute atomic E-state index is 6.12. The van der Waals surface area contributed by atoms with E-state index in [1.165, 1.54) is 22.3 Å². The van der Waals surface area contributed by atoms with Crippen LogP contribution < -0.4 is 19.3 Å². The van der Waals surface area contributed by atoms with Crippen LogP contribution in [0.15, 0.2) is 24.3 Å². The van der Waals surface area contributed by atoms with Crippen molar-refractivity contribution in [1.29, 1.82) is 0 Å². The van der Waals surface area contributed by atoms with E-state index in [0.29, 0.717) is 0 Å². The van der Waals surface area contributed by atoms with Crippen molar-refractivity contribution in [2.45, 2.75) is 13.8 Å². The number of likely N-dealkylation sites (N-methyl/N-ethyl adjacent to an activating group) is 2. The molecule has 0 saturated heterocycles. The quantitative estimate of drug-likeness (QED) is 0.800. The largest absolute Gasteiger partial charge is 0.489 e. The predicted molar refractivity (Wildman–Crippen MR) is 98.9 cm³/mol. The van der Waals surface area contributed by atoms with Crippen LogP contribution in [0.25, 0.3) is 11.1 Å². The van der Waals surface area contributed by atoms with Crippen molar-refractivity contribution in [2.24, 2.45) is 0 Å². The first-order chi connectivity index (χ1) is 11.6. The Morgan fingerprint density at radius 3 is 1.54 bits per heavy atom. The number of fused-ring (bicyclic) bond motifs is 2. The van der Waals surface area contributed by atoms with E-state index in [0.717, 1.165) is 49.2 Å². The first-order valence-electron chi connectivity index (χ1n) is 8.53. The Morgan fingerprint density at radius 1 is 0.708 bits per heavy atom. The smallest absolute Gasteiger partial charge is 0.150 e. The molecule has 0 saturated carbocycles. The molecule has 0 aliphatic carbocycles. The van der Waals surface area contributed by atoms with Gasteiger partial charge in [0.25, 0.3) is 0 Å². The minimum Gasteiger partial charge on any atom is -0.489 e. The first-order valence-corrected chi connectivity index (χ1v) is 8.53. The highest BCUT2D eigenvalue weighted by Crippen LogP contribution is 2.49. The van der Waals surface area contributed by atoms with E-state index >= 15 is 0 Å². The molecule has 2 aromatic carbocycles. The molecule has 126 valence electrons. The van der Waals surface area contributed by atoms with Crippen molar-refractivity contribution >= 4 is 11.4 Å². The molecule has 0 fully saturated rings. The Labute approximate surface area is 143 Å². The van der Waals surface area contributed by atoms with Crippen molar-refractivity contribution in [3.63, 3.8) is 0 Å². The van der Waals surface area contributed by atoms with Gasteiger partial charge in [-0.05, 0) is 37.1 Å². The Hall–Kier alpha value is -2.36. The van der Waals surface area contributed by atoms with Gasteiger partial charge in [0.05, 0.1) is 24.5 Å². The number of ether oxygens (including phenoxy) is 2. The summed E-state index contributed by atoms with van der Waals surface area (Å²) in [6.07, 6.45) is 0. The monoisotopic (exact) mass is 324 g/mol. The maximum atomic E-state index is 6.12. The summed E-state index contributed by atoms with van der Waals surface area (Å²) >= 11 is 0. The number of benzene rings is 2. The number of aryl methyl sites for hydroxylation is 2. The minimum atomic E-state index is 0.717. The molecule has 4 rings (SSSR count). The number of hydrogen-bond acceptors (Lipinski definition) is 4. The van der Waals surface area contributed by atoms with Gasteiger partial charge in [0.1, 0.15) is 13.2 Å². The average molecular weight is 324 g/mol. The van der Waals surface area contributed by atoms with Crippen molar-refractivity contribution in [2.75, 3.05) is 50.2 Å². The number of rotatable bonds is 1. The normalized spacial score (nSPS) is 16.2. The molecule has 0 atom stereocenters. The zero-order valence-corrected chi connectivity index (χ0v) is 14.8. The van der Waals surface area contributed by atoms with E-state index in [9.17, 15) is 0 Å². The second kappa shape index (κ2) is 5.62. The zero-order valence-electron chi connectivity index (χ0n) is 14.8. The summed E-state index contributed by atoms with van der Waals surface area (Å²) in [5, 5.41) is 0. The molecular formula is C20H24N2O2. The third-order valence-corrected chi connectivity index (χ3v) is 5.11. The highest BCUT2D eigenvalue weighted by Gasteiger charge is 2.27. The summed E-state index contributed by atoms with van der Waals surface area (Å²) in [6, 6.07) is 8.69. The maximum Gasteiger partial charge on any atom is 0.150 e. The van der Waals surface area contributed by atoms with Gasteiger partial charge in [-0.3, -0.25) is 0 Å². The van der Waals surface area contributed by atoms with Crippen LogP contribution in [0, 0.1) is 13.8 Å². The number of nitrogens with zero attached hydrogens (tertiary/aromatic N) is 2. The summed E-state index contributed by atoms with van der Waals surface area (Å²) < 4.78 is 12.2. The van der Waals surface area contributed by atoms with Crippen LogP contribution in [-0.4, -0.2) is 40.4 Å². The Bertz CT molecular complexity index is 733. The molecule has 0 unspecified atom stereocenters. The third-order valence-electron chi connectivity index (χ3n) is 5.11. The second-order valence-corrected chi connectivity index (χ2v) is 6.75. The SMILES string of the molecule is Cc1ccc2c(c1-c1c(C)ccc3c1OCCN3C)OCCN2C. The summed E-state index contributed by atoms with van der Waals surface area (Å²) in [4.78, 5) is 4.53. The van der Waals surface area contributed by atoms with Crippen LogP contribution in [0.1, 0.15) is 11.1 Å². The molecule has 24 heavy (non-hydrogen) atoms. The van der Waals surface area contributed by atoms with Crippen LogP contribution in [0.3, 0.4) is 0 Å². The van der Waals surface area contributed by atoms with Gasteiger partial charge in [-0.2, -0.15) is 0 Å². The fraction of sp³-hybridized carbons (Fsp3) is 0.400. The van der Waals surface area contributed by atoms with Gasteiger partial charge in [0.2, 0.25) is 0 Å². The Balaban J connectivity index is 2.01. The van der Waals surface area contributed by atoms with E-state index in [4.69, 9.17) is 9.47 Å². The molecule has 2 aromatic rings. The standard InChI is InChI=1S/C20H24N2O2/c1-13-5-7-15-19(23-11-9-21(15)3)17(13)18-14(2)6-8-16-20(18)24-12-10-22(16)4/h5-8H,9-12H2,1-4H3. The molecule has 0 N–H and O–H groups in total. The molecule has 4 nitrogen and oxygen atoms in total. The lowest BCUT2D eigenvalue weighted by atomic mass is 9.92. The molecule has 2 aliphatic rings. The van der Waals surface area contributed by atoms with E-state index in [-0.39, 0.29) is 0 Å². The van der Waals surface area contributed by atoms with Crippen LogP contribution in [0.4, 0.5) is 11.4 Å². The van der Waals surface area contributed by atoms with E-state index in [2.05, 4.69) is 62.0 Å². The molecule has 0 bridgehead atoms. The average Bonchev–Trinajstić information content (AvgIpc) is 2.56. The van der Waals surface area contributed by atoms with Crippen molar-refractivity contribution in [1.82, 2.24) is 0 Å². The van der Waals surface area contributed by atoms with E-state index in [1.54, 1.807) is 0 Å². The van der Waals surface area contributed by atoms with Crippen molar-refractivity contribution in [3.05, 3.63) is 35.4 Å². The fourth-order valence-corrected chi connectivity index (χ4v) is 3.67. The van der Waals surface area contributed by atoms with Crippen molar-refractivity contribution < 1.29 is 9.47 Å². The third kappa shape index (κ3) is 2.20. The summed E-state index contributed by atoms with van der Waals surface area (Å²) in [6.45, 7) is 7.57. The second-order valence-electron chi connectivity index (χ2n) is 6.75. The van der Waals surface area contributed by atoms with Crippen LogP contribution in [0.2, 0.25) is 0 Å². The number of hydrogen-bond donors (Lipinski definition) is 0. The highest BCUT2D eigenvalue weighted by molar-refractivity contribution is 5.90. The molecule has 0 amide bonds. The van der Waals surface area contributed by atoms with Crippen molar-refractivity contribution in [3.8, 4) is 22.6 Å². The zero-order chi connectivity index (χ0) is 16.8. The fourth-order valence-electron chi connectivity index (χ4n) is 3.67. The molecule has 0 aromatic heterocycles. The molecule has 0 radical (unpaired) electrons. The van der Waals surface area contributed by atoms with Gasteiger partial charge < -0.3 is 19.3 Å². The summed E-state index contributed by atoms with van der Waals surface area (Å²) in [7, 11) is 4.25. The van der Waals surface area contributed by atoms with Gasteiger partial charge in [-0.25, -0.2) is 0 Å². The molecular weight excluding hydrogens is 300 g/mol. The lowest BCUT2D eigenvalue weighted by molar-refractivity contribution is 0.307. The lowest BCUT2D eigenvalue weighted by Gasteiger charge is -2.33. The van der Waals surface area contributed by atoms with Gasteiger partial charge in [-0.15, -0.1) is 0 Å². The Morgan fingerprint density at radius 2 is 1.12 bits per heavy atom. The minimum absolute atomic E-state index is 0.717. The first kappa shape index (κ1) is 15.2. The van der Waals surface area contributed by atoms with Gasteiger partial charge >= 0.3 is 0 Å².